The summed E-state index contributed by atoms with van der Waals surface area (Å²) in [6, 6.07) is 8.84. The number of unbranched alkanes of at least 4 members (excludes halogenated alkanes) is 12. The summed E-state index contributed by atoms with van der Waals surface area (Å²) in [6.45, 7) is 6.08. The van der Waals surface area contributed by atoms with Gasteiger partial charge in [-0.15, -0.1) is 0 Å². The molecule has 2 heterocycles. The Balaban J connectivity index is 1.33. The zero-order valence-electron chi connectivity index (χ0n) is 23.7. The summed E-state index contributed by atoms with van der Waals surface area (Å²) in [4.78, 5) is 0. The molecule has 37 heavy (non-hydrogen) atoms. The molecular formula is C34H50O3. The molecule has 3 heteroatoms. The summed E-state index contributed by atoms with van der Waals surface area (Å²) in [6.07, 6.45) is 22.8. The van der Waals surface area contributed by atoms with E-state index in [0.29, 0.717) is 0 Å². The van der Waals surface area contributed by atoms with E-state index in [1.54, 1.807) is 0 Å². The Morgan fingerprint density at radius 2 is 0.946 bits per heavy atom. The van der Waals surface area contributed by atoms with E-state index in [1.807, 2.05) is 0 Å². The second-order valence-corrected chi connectivity index (χ2v) is 11.1. The summed E-state index contributed by atoms with van der Waals surface area (Å²) in [7, 11) is 0. The second kappa shape index (κ2) is 15.3. The van der Waals surface area contributed by atoms with Crippen LogP contribution >= 0.6 is 0 Å². The fraction of sp³-hybridized carbons (Fsp3) is 0.647. The third kappa shape index (κ3) is 7.91. The Morgan fingerprint density at radius 3 is 1.38 bits per heavy atom. The average Bonchev–Trinajstić information content (AvgIpc) is 3.61. The lowest BCUT2D eigenvalue weighted by Crippen LogP contribution is -1.97. The Kier molecular flexibility index (Phi) is 11.5. The molecule has 0 aromatic heterocycles. The number of rotatable bonds is 18. The predicted octanol–water partition coefficient (Wildman–Crippen LogP) is 9.93. The Morgan fingerprint density at radius 1 is 0.541 bits per heavy atom. The average molecular weight is 507 g/mol. The SMILES string of the molecule is CCCCCCCCCc1ccc(Oc2ccc(CCCCCCCCC)c3c2CCO3)c2c1OCC2. The summed E-state index contributed by atoms with van der Waals surface area (Å²) in [5, 5.41) is 0. The summed E-state index contributed by atoms with van der Waals surface area (Å²) < 4.78 is 18.8. The number of fused-ring (bicyclic) bond motifs is 2. The van der Waals surface area contributed by atoms with Crippen molar-refractivity contribution in [3.05, 3.63) is 46.5 Å². The molecule has 3 nitrogen and oxygen atoms in total. The van der Waals surface area contributed by atoms with Crippen molar-refractivity contribution in [2.24, 2.45) is 0 Å². The minimum Gasteiger partial charge on any atom is -0.493 e. The summed E-state index contributed by atoms with van der Waals surface area (Å²) >= 11 is 0. The summed E-state index contributed by atoms with van der Waals surface area (Å²) in [5.41, 5.74) is 5.21. The highest BCUT2D eigenvalue weighted by Gasteiger charge is 2.25. The molecule has 2 aliphatic heterocycles. The van der Waals surface area contributed by atoms with Gasteiger partial charge in [0.1, 0.15) is 23.0 Å². The molecule has 0 amide bonds. The van der Waals surface area contributed by atoms with Crippen LogP contribution in [-0.4, -0.2) is 13.2 Å². The maximum Gasteiger partial charge on any atom is 0.134 e. The molecule has 0 unspecified atom stereocenters. The molecular weight excluding hydrogens is 456 g/mol. The Labute approximate surface area is 226 Å². The van der Waals surface area contributed by atoms with Crippen molar-refractivity contribution in [3.8, 4) is 23.0 Å². The molecule has 2 aromatic rings. The highest BCUT2D eigenvalue weighted by Crippen LogP contribution is 2.43. The van der Waals surface area contributed by atoms with Crippen molar-refractivity contribution in [2.45, 2.75) is 129 Å². The van der Waals surface area contributed by atoms with Crippen molar-refractivity contribution in [1.82, 2.24) is 0 Å². The van der Waals surface area contributed by atoms with E-state index >= 15 is 0 Å². The first-order valence-electron chi connectivity index (χ1n) is 15.5. The van der Waals surface area contributed by atoms with Crippen LogP contribution in [0.25, 0.3) is 0 Å². The summed E-state index contributed by atoms with van der Waals surface area (Å²) in [5.74, 6) is 4.10. The van der Waals surface area contributed by atoms with Gasteiger partial charge >= 0.3 is 0 Å². The van der Waals surface area contributed by atoms with Gasteiger partial charge in [-0.3, -0.25) is 0 Å². The third-order valence-corrected chi connectivity index (χ3v) is 8.11. The second-order valence-electron chi connectivity index (χ2n) is 11.1. The highest BCUT2D eigenvalue weighted by atomic mass is 16.5. The highest BCUT2D eigenvalue weighted by molar-refractivity contribution is 5.57. The van der Waals surface area contributed by atoms with Crippen LogP contribution in [0.3, 0.4) is 0 Å². The van der Waals surface area contributed by atoms with E-state index in [2.05, 4.69) is 38.1 Å². The fourth-order valence-corrected chi connectivity index (χ4v) is 5.91. The molecule has 4 rings (SSSR count). The molecule has 0 N–H and O–H groups in total. The van der Waals surface area contributed by atoms with Gasteiger partial charge in [0.15, 0.2) is 0 Å². The van der Waals surface area contributed by atoms with Crippen LogP contribution in [-0.2, 0) is 25.7 Å². The number of benzene rings is 2. The van der Waals surface area contributed by atoms with Crippen LogP contribution in [0.1, 0.15) is 126 Å². The molecule has 0 atom stereocenters. The zero-order valence-corrected chi connectivity index (χ0v) is 23.7. The van der Waals surface area contributed by atoms with Crippen molar-refractivity contribution >= 4 is 0 Å². The minimum atomic E-state index is 0.762. The Hall–Kier alpha value is -2.16. The van der Waals surface area contributed by atoms with Crippen LogP contribution in [0, 0.1) is 0 Å². The smallest absolute Gasteiger partial charge is 0.134 e. The minimum absolute atomic E-state index is 0.762. The predicted molar refractivity (Wildman–Crippen MR) is 155 cm³/mol. The first kappa shape index (κ1) is 27.9. The molecule has 0 saturated heterocycles. The quantitative estimate of drug-likeness (QED) is 0.188. The molecule has 204 valence electrons. The lowest BCUT2D eigenvalue weighted by molar-refractivity contribution is 0.353. The van der Waals surface area contributed by atoms with E-state index in [9.17, 15) is 0 Å². The van der Waals surface area contributed by atoms with Gasteiger partial charge in [-0.1, -0.05) is 103 Å². The lowest BCUT2D eigenvalue weighted by Gasteiger charge is -2.16. The van der Waals surface area contributed by atoms with Gasteiger partial charge in [-0.25, -0.2) is 0 Å². The molecule has 0 radical (unpaired) electrons. The first-order chi connectivity index (χ1) is 18.3. The monoisotopic (exact) mass is 506 g/mol. The molecule has 0 bridgehead atoms. The third-order valence-electron chi connectivity index (χ3n) is 8.11. The topological polar surface area (TPSA) is 27.7 Å². The number of hydrogen-bond acceptors (Lipinski definition) is 3. The number of hydrogen-bond donors (Lipinski definition) is 0. The maximum absolute atomic E-state index is 6.58. The van der Waals surface area contributed by atoms with Crippen LogP contribution in [0.5, 0.6) is 23.0 Å². The molecule has 0 spiro atoms. The van der Waals surface area contributed by atoms with E-state index in [4.69, 9.17) is 14.2 Å². The lowest BCUT2D eigenvalue weighted by atomic mass is 10.00. The molecule has 2 aromatic carbocycles. The van der Waals surface area contributed by atoms with Crippen molar-refractivity contribution in [2.75, 3.05) is 13.2 Å². The van der Waals surface area contributed by atoms with Gasteiger partial charge in [0.05, 0.1) is 13.2 Å². The molecule has 0 fully saturated rings. The molecule has 0 aliphatic carbocycles. The maximum atomic E-state index is 6.58. The molecule has 0 saturated carbocycles. The van der Waals surface area contributed by atoms with Gasteiger partial charge in [0.2, 0.25) is 0 Å². The number of ether oxygens (including phenoxy) is 3. The van der Waals surface area contributed by atoms with E-state index in [-0.39, 0.29) is 0 Å². The van der Waals surface area contributed by atoms with Crippen molar-refractivity contribution in [3.63, 3.8) is 0 Å². The van der Waals surface area contributed by atoms with Crippen molar-refractivity contribution < 1.29 is 14.2 Å². The van der Waals surface area contributed by atoms with Gasteiger partial charge in [-0.05, 0) is 48.9 Å². The van der Waals surface area contributed by atoms with E-state index in [1.165, 1.54) is 112 Å². The van der Waals surface area contributed by atoms with Crippen LogP contribution in [0.15, 0.2) is 24.3 Å². The van der Waals surface area contributed by atoms with Gasteiger partial charge in [0, 0.05) is 24.0 Å². The number of aryl methyl sites for hydroxylation is 2. The van der Waals surface area contributed by atoms with E-state index in [0.717, 1.165) is 61.9 Å². The Bertz CT molecular complexity index is 887. The first-order valence-corrected chi connectivity index (χ1v) is 15.5. The van der Waals surface area contributed by atoms with Gasteiger partial charge in [0.25, 0.3) is 0 Å². The zero-order chi connectivity index (χ0) is 25.7. The standard InChI is InChI=1S/C34H50O3/c1-3-5-7-9-11-13-15-17-27-19-21-31(29-23-25-35-33(27)29)37-32-22-20-28(34-30(32)24-26-36-34)18-16-14-12-10-8-6-4-2/h19-22H,3-18,23-26H2,1-2H3. The van der Waals surface area contributed by atoms with Gasteiger partial charge < -0.3 is 14.2 Å². The molecule has 2 aliphatic rings. The van der Waals surface area contributed by atoms with Crippen LogP contribution in [0.4, 0.5) is 0 Å². The van der Waals surface area contributed by atoms with Gasteiger partial charge in [-0.2, -0.15) is 0 Å². The fourth-order valence-electron chi connectivity index (χ4n) is 5.91. The van der Waals surface area contributed by atoms with E-state index < -0.39 is 0 Å². The van der Waals surface area contributed by atoms with Crippen LogP contribution < -0.4 is 14.2 Å². The normalized spacial score (nSPS) is 13.8. The van der Waals surface area contributed by atoms with Crippen molar-refractivity contribution in [1.29, 1.82) is 0 Å². The largest absolute Gasteiger partial charge is 0.493 e. The van der Waals surface area contributed by atoms with Crippen LogP contribution in [0.2, 0.25) is 0 Å².